The largest absolute Gasteiger partial charge is 0.323 e. The summed E-state index contributed by atoms with van der Waals surface area (Å²) in [5.41, 5.74) is 1.21. The van der Waals surface area contributed by atoms with Crippen LogP contribution in [0.2, 0.25) is 0 Å². The zero-order valence-corrected chi connectivity index (χ0v) is 7.01. The molecule has 0 saturated carbocycles. The minimum Gasteiger partial charge on any atom is -0.323 e. The van der Waals surface area contributed by atoms with Crippen molar-refractivity contribution in [2.45, 2.75) is 0 Å². The molecular formula is C11H8N2. The fraction of sp³-hybridized carbons (Fsp3) is 0. The maximum absolute atomic E-state index is 4.12. The summed E-state index contributed by atoms with van der Waals surface area (Å²) in [7, 11) is 0. The van der Waals surface area contributed by atoms with E-state index in [1.807, 2.05) is 30.6 Å². The monoisotopic (exact) mass is 168 g/mol. The minimum atomic E-state index is 1.21. The molecule has 3 heterocycles. The van der Waals surface area contributed by atoms with E-state index in [9.17, 15) is 0 Å². The van der Waals surface area contributed by atoms with E-state index in [1.54, 1.807) is 0 Å². The van der Waals surface area contributed by atoms with Gasteiger partial charge in [-0.05, 0) is 18.2 Å². The van der Waals surface area contributed by atoms with Crippen molar-refractivity contribution >= 4 is 16.3 Å². The van der Waals surface area contributed by atoms with Crippen molar-refractivity contribution in [3.8, 4) is 0 Å². The lowest BCUT2D eigenvalue weighted by Crippen LogP contribution is -1.76. The molecule has 3 aromatic rings. The first kappa shape index (κ1) is 6.66. The number of rotatable bonds is 0. The van der Waals surface area contributed by atoms with Gasteiger partial charge in [-0.1, -0.05) is 6.07 Å². The molecular weight excluding hydrogens is 160 g/mol. The van der Waals surface area contributed by atoms with Crippen LogP contribution >= 0.6 is 0 Å². The number of pyridine rings is 2. The quantitative estimate of drug-likeness (QED) is 0.504. The lowest BCUT2D eigenvalue weighted by Gasteiger charge is -1.91. The summed E-state index contributed by atoms with van der Waals surface area (Å²) in [5, 5.41) is 2.45. The summed E-state index contributed by atoms with van der Waals surface area (Å²) in [4.78, 5) is 4.12. The van der Waals surface area contributed by atoms with Gasteiger partial charge in [0.2, 0.25) is 0 Å². The van der Waals surface area contributed by atoms with Gasteiger partial charge in [-0.25, -0.2) is 0 Å². The van der Waals surface area contributed by atoms with Crippen LogP contribution in [0.1, 0.15) is 0 Å². The third-order valence-corrected chi connectivity index (χ3v) is 2.30. The van der Waals surface area contributed by atoms with Gasteiger partial charge in [-0.15, -0.1) is 0 Å². The Labute approximate surface area is 75.5 Å². The second-order valence-electron chi connectivity index (χ2n) is 3.09. The summed E-state index contributed by atoms with van der Waals surface area (Å²) < 4.78 is 2.12. The summed E-state index contributed by atoms with van der Waals surface area (Å²) in [5.74, 6) is 0. The van der Waals surface area contributed by atoms with Gasteiger partial charge < -0.3 is 4.40 Å². The third kappa shape index (κ3) is 0.855. The van der Waals surface area contributed by atoms with Gasteiger partial charge in [0.05, 0.1) is 5.52 Å². The maximum atomic E-state index is 4.12. The molecule has 0 fully saturated rings. The van der Waals surface area contributed by atoms with Crippen LogP contribution in [-0.2, 0) is 0 Å². The summed E-state index contributed by atoms with van der Waals surface area (Å²) in [6.07, 6.45) is 7.90. The van der Waals surface area contributed by atoms with Gasteiger partial charge in [0, 0.05) is 35.6 Å². The van der Waals surface area contributed by atoms with Crippen molar-refractivity contribution in [1.82, 2.24) is 9.38 Å². The average molecular weight is 168 g/mol. The van der Waals surface area contributed by atoms with Crippen LogP contribution in [0.5, 0.6) is 0 Å². The first-order chi connectivity index (χ1) is 6.45. The Morgan fingerprint density at radius 1 is 1.15 bits per heavy atom. The van der Waals surface area contributed by atoms with Crippen LogP contribution in [-0.4, -0.2) is 9.38 Å². The Morgan fingerprint density at radius 3 is 3.15 bits per heavy atom. The molecule has 0 radical (unpaired) electrons. The molecule has 62 valence electrons. The predicted molar refractivity (Wildman–Crippen MR) is 52.7 cm³/mol. The minimum absolute atomic E-state index is 1.21. The van der Waals surface area contributed by atoms with Crippen LogP contribution in [0.3, 0.4) is 0 Å². The SMILES string of the molecule is c1ccn2cc3ccncc3c2c1. The molecule has 0 aliphatic heterocycles. The van der Waals surface area contributed by atoms with Crippen molar-refractivity contribution in [2.75, 3.05) is 0 Å². The summed E-state index contributed by atoms with van der Waals surface area (Å²) >= 11 is 0. The third-order valence-electron chi connectivity index (χ3n) is 2.30. The van der Waals surface area contributed by atoms with Crippen LogP contribution < -0.4 is 0 Å². The first-order valence-corrected chi connectivity index (χ1v) is 4.24. The predicted octanol–water partition coefficient (Wildman–Crippen LogP) is 2.49. The molecule has 0 aliphatic carbocycles. The van der Waals surface area contributed by atoms with Crippen molar-refractivity contribution in [3.05, 3.63) is 49.1 Å². The van der Waals surface area contributed by atoms with Gasteiger partial charge in [-0.2, -0.15) is 0 Å². The van der Waals surface area contributed by atoms with Crippen LogP contribution in [0, 0.1) is 0 Å². The van der Waals surface area contributed by atoms with Gasteiger partial charge in [-0.3, -0.25) is 4.98 Å². The van der Waals surface area contributed by atoms with Crippen LogP contribution in [0.4, 0.5) is 0 Å². The Balaban J connectivity index is 2.64. The molecule has 0 unspecified atom stereocenters. The van der Waals surface area contributed by atoms with Crippen LogP contribution in [0.15, 0.2) is 49.1 Å². The Morgan fingerprint density at radius 2 is 2.15 bits per heavy atom. The Kier molecular flexibility index (Phi) is 1.19. The molecule has 3 rings (SSSR count). The fourth-order valence-corrected chi connectivity index (χ4v) is 1.68. The summed E-state index contributed by atoms with van der Waals surface area (Å²) in [6.45, 7) is 0. The first-order valence-electron chi connectivity index (χ1n) is 4.24. The molecule has 13 heavy (non-hydrogen) atoms. The molecule has 0 bridgehead atoms. The molecule has 0 aliphatic rings. The Hall–Kier alpha value is -1.83. The van der Waals surface area contributed by atoms with Crippen LogP contribution in [0.25, 0.3) is 16.3 Å². The van der Waals surface area contributed by atoms with Gasteiger partial charge >= 0.3 is 0 Å². The molecule has 2 nitrogen and oxygen atoms in total. The average Bonchev–Trinajstić information content (AvgIpc) is 2.56. The molecule has 0 atom stereocenters. The molecule has 0 N–H and O–H groups in total. The zero-order valence-electron chi connectivity index (χ0n) is 7.01. The second-order valence-corrected chi connectivity index (χ2v) is 3.09. The van der Waals surface area contributed by atoms with E-state index < -0.39 is 0 Å². The molecule has 0 amide bonds. The molecule has 0 spiro atoms. The van der Waals surface area contributed by atoms with Gasteiger partial charge in [0.1, 0.15) is 0 Å². The van der Waals surface area contributed by atoms with E-state index in [-0.39, 0.29) is 0 Å². The standard InChI is InChI=1S/C11H8N2/c1-2-6-13-8-9-4-5-12-7-10(9)11(13)3-1/h1-8H. The fourth-order valence-electron chi connectivity index (χ4n) is 1.68. The highest BCUT2D eigenvalue weighted by Gasteiger charge is 1.99. The normalized spacial score (nSPS) is 11.1. The topological polar surface area (TPSA) is 17.3 Å². The van der Waals surface area contributed by atoms with Gasteiger partial charge in [0.15, 0.2) is 0 Å². The van der Waals surface area contributed by atoms with E-state index in [2.05, 4.69) is 27.8 Å². The number of hydrogen-bond acceptors (Lipinski definition) is 1. The van der Waals surface area contributed by atoms with Crippen molar-refractivity contribution in [3.63, 3.8) is 0 Å². The number of fused-ring (bicyclic) bond motifs is 3. The highest BCUT2D eigenvalue weighted by atomic mass is 14.9. The molecule has 3 aromatic heterocycles. The van der Waals surface area contributed by atoms with Crippen molar-refractivity contribution in [1.29, 1.82) is 0 Å². The number of nitrogens with zero attached hydrogens (tertiary/aromatic N) is 2. The van der Waals surface area contributed by atoms with E-state index in [0.717, 1.165) is 0 Å². The highest BCUT2D eigenvalue weighted by molar-refractivity contribution is 5.96. The van der Waals surface area contributed by atoms with E-state index in [0.29, 0.717) is 0 Å². The molecule has 0 saturated heterocycles. The van der Waals surface area contributed by atoms with E-state index >= 15 is 0 Å². The smallest absolute Gasteiger partial charge is 0.0544 e. The van der Waals surface area contributed by atoms with Gasteiger partial charge in [0.25, 0.3) is 0 Å². The summed E-state index contributed by atoms with van der Waals surface area (Å²) in [6, 6.07) is 8.20. The highest BCUT2D eigenvalue weighted by Crippen LogP contribution is 2.19. The van der Waals surface area contributed by atoms with E-state index in [4.69, 9.17) is 0 Å². The lowest BCUT2D eigenvalue weighted by molar-refractivity contribution is 1.21. The number of aromatic nitrogens is 2. The second kappa shape index (κ2) is 2.33. The number of hydrogen-bond donors (Lipinski definition) is 0. The lowest BCUT2D eigenvalue weighted by atomic mass is 10.2. The molecule has 0 aromatic carbocycles. The van der Waals surface area contributed by atoms with Crippen molar-refractivity contribution in [2.24, 2.45) is 0 Å². The molecule has 2 heteroatoms. The van der Waals surface area contributed by atoms with E-state index in [1.165, 1.54) is 16.3 Å². The van der Waals surface area contributed by atoms with Crippen molar-refractivity contribution < 1.29 is 0 Å². The zero-order chi connectivity index (χ0) is 8.67. The maximum Gasteiger partial charge on any atom is 0.0544 e. The Bertz CT molecular complexity index is 516.